The summed E-state index contributed by atoms with van der Waals surface area (Å²) >= 11 is 0. The predicted octanol–water partition coefficient (Wildman–Crippen LogP) is 2.93. The second kappa shape index (κ2) is 7.79. The van der Waals surface area contributed by atoms with Crippen LogP contribution >= 0.6 is 24.0 Å². The summed E-state index contributed by atoms with van der Waals surface area (Å²) < 4.78 is 38.7. The van der Waals surface area contributed by atoms with Crippen LogP contribution in [0.1, 0.15) is 12.8 Å². The second-order valence-corrected chi connectivity index (χ2v) is 6.29. The van der Waals surface area contributed by atoms with Crippen molar-refractivity contribution in [3.05, 3.63) is 30.1 Å². The van der Waals surface area contributed by atoms with Crippen molar-refractivity contribution in [3.63, 3.8) is 0 Å². The molecule has 2 aliphatic rings. The molecule has 1 aromatic carbocycles. The highest BCUT2D eigenvalue weighted by molar-refractivity contribution is 14.0. The molecule has 0 spiro atoms. The van der Waals surface area contributed by atoms with Gasteiger partial charge in [0, 0.05) is 31.9 Å². The molecule has 1 aliphatic carbocycles. The highest BCUT2D eigenvalue weighted by Gasteiger charge is 2.51. The van der Waals surface area contributed by atoms with Crippen LogP contribution < -0.4 is 10.6 Å². The van der Waals surface area contributed by atoms with E-state index in [0.29, 0.717) is 31.9 Å². The average Bonchev–Trinajstić information content (AvgIpc) is 3.35. The molecule has 3 rings (SSSR count). The quantitative estimate of drug-likeness (QED) is 0.433. The summed E-state index contributed by atoms with van der Waals surface area (Å²) in [4.78, 5) is 8.25. The number of hydrogen-bond donors (Lipinski definition) is 1. The molecular formula is C16H22F3IN4. The van der Waals surface area contributed by atoms with Gasteiger partial charge in [-0.15, -0.1) is 24.0 Å². The zero-order valence-corrected chi connectivity index (χ0v) is 15.6. The fraction of sp³-hybridized carbons (Fsp3) is 0.562. The molecule has 4 nitrogen and oxygen atoms in total. The SMILES string of the molecule is I.NC(=NCC1(C(F)F)CC1)N1CCN(c2ccc(F)cc2)CC1. The standard InChI is InChI=1S/C16H21F3N4.HI/c17-12-1-3-13(4-2-12)22-7-9-23(10-8-22)15(20)21-11-16(5-6-16)14(18)19;/h1-4,14H,5-11H2,(H2,20,21);1H. The maximum absolute atomic E-state index is 13.0. The molecule has 24 heavy (non-hydrogen) atoms. The van der Waals surface area contributed by atoms with Gasteiger partial charge in [-0.05, 0) is 37.1 Å². The van der Waals surface area contributed by atoms with Crippen LogP contribution in [0.3, 0.4) is 0 Å². The van der Waals surface area contributed by atoms with Gasteiger partial charge in [0.1, 0.15) is 5.82 Å². The number of anilines is 1. The summed E-state index contributed by atoms with van der Waals surface area (Å²) in [6.07, 6.45) is -1.27. The third-order valence-electron chi connectivity index (χ3n) is 4.71. The Morgan fingerprint density at radius 3 is 2.21 bits per heavy atom. The summed E-state index contributed by atoms with van der Waals surface area (Å²) in [6, 6.07) is 6.39. The van der Waals surface area contributed by atoms with Gasteiger partial charge < -0.3 is 15.5 Å². The molecule has 0 amide bonds. The van der Waals surface area contributed by atoms with Crippen molar-refractivity contribution in [2.45, 2.75) is 19.3 Å². The smallest absolute Gasteiger partial charge is 0.245 e. The molecule has 0 bridgehead atoms. The first-order valence-corrected chi connectivity index (χ1v) is 7.84. The molecule has 0 radical (unpaired) electrons. The predicted molar refractivity (Wildman–Crippen MR) is 99.8 cm³/mol. The number of halogens is 4. The van der Waals surface area contributed by atoms with E-state index in [0.717, 1.165) is 18.8 Å². The van der Waals surface area contributed by atoms with E-state index in [2.05, 4.69) is 9.89 Å². The van der Waals surface area contributed by atoms with Crippen LogP contribution in [0, 0.1) is 11.2 Å². The lowest BCUT2D eigenvalue weighted by atomic mass is 10.1. The van der Waals surface area contributed by atoms with E-state index < -0.39 is 11.8 Å². The minimum Gasteiger partial charge on any atom is -0.370 e. The van der Waals surface area contributed by atoms with E-state index in [1.165, 1.54) is 12.1 Å². The third kappa shape index (κ3) is 4.25. The minimum absolute atomic E-state index is 0. The fourth-order valence-electron chi connectivity index (χ4n) is 2.79. The Morgan fingerprint density at radius 1 is 1.12 bits per heavy atom. The molecular weight excluding hydrogens is 432 g/mol. The third-order valence-corrected chi connectivity index (χ3v) is 4.71. The van der Waals surface area contributed by atoms with Crippen LogP contribution in [-0.4, -0.2) is 50.0 Å². The van der Waals surface area contributed by atoms with E-state index in [1.807, 2.05) is 4.90 Å². The summed E-state index contributed by atoms with van der Waals surface area (Å²) in [7, 11) is 0. The van der Waals surface area contributed by atoms with Gasteiger partial charge in [0.15, 0.2) is 5.96 Å². The molecule has 1 aromatic rings. The topological polar surface area (TPSA) is 44.9 Å². The van der Waals surface area contributed by atoms with Gasteiger partial charge >= 0.3 is 0 Å². The van der Waals surface area contributed by atoms with Crippen LogP contribution in [0.25, 0.3) is 0 Å². The molecule has 8 heteroatoms. The van der Waals surface area contributed by atoms with Gasteiger partial charge in [0.25, 0.3) is 0 Å². The van der Waals surface area contributed by atoms with Crippen molar-refractivity contribution < 1.29 is 13.2 Å². The van der Waals surface area contributed by atoms with Crippen LogP contribution in [0.15, 0.2) is 29.3 Å². The first-order valence-electron chi connectivity index (χ1n) is 7.84. The summed E-state index contributed by atoms with van der Waals surface area (Å²) in [5, 5.41) is 0. The maximum Gasteiger partial charge on any atom is 0.245 e. The van der Waals surface area contributed by atoms with E-state index in [9.17, 15) is 13.2 Å². The lowest BCUT2D eigenvalue weighted by Gasteiger charge is -2.36. The Morgan fingerprint density at radius 2 is 1.71 bits per heavy atom. The fourth-order valence-corrected chi connectivity index (χ4v) is 2.79. The number of rotatable bonds is 4. The van der Waals surface area contributed by atoms with Crippen LogP contribution in [-0.2, 0) is 0 Å². The Kier molecular flexibility index (Phi) is 6.22. The van der Waals surface area contributed by atoms with Crippen LogP contribution in [0.5, 0.6) is 0 Å². The Bertz CT molecular complexity index is 567. The number of alkyl halides is 2. The number of guanidine groups is 1. The maximum atomic E-state index is 13.0. The van der Waals surface area contributed by atoms with E-state index in [1.54, 1.807) is 12.1 Å². The first-order chi connectivity index (χ1) is 11.0. The van der Waals surface area contributed by atoms with Crippen molar-refractivity contribution in [2.75, 3.05) is 37.6 Å². The molecule has 134 valence electrons. The highest BCUT2D eigenvalue weighted by atomic mass is 127. The Balaban J connectivity index is 0.00000208. The van der Waals surface area contributed by atoms with Crippen molar-refractivity contribution in [2.24, 2.45) is 16.1 Å². The normalized spacial score (nSPS) is 20.1. The molecule has 2 N–H and O–H groups in total. The van der Waals surface area contributed by atoms with Gasteiger partial charge in [-0.3, -0.25) is 4.99 Å². The Hall–Kier alpha value is -1.19. The molecule has 0 unspecified atom stereocenters. The lowest BCUT2D eigenvalue weighted by Crippen LogP contribution is -2.51. The van der Waals surface area contributed by atoms with E-state index in [4.69, 9.17) is 5.73 Å². The van der Waals surface area contributed by atoms with Crippen molar-refractivity contribution in [1.82, 2.24) is 4.90 Å². The van der Waals surface area contributed by atoms with Gasteiger partial charge in [0.2, 0.25) is 6.43 Å². The molecule has 1 aliphatic heterocycles. The summed E-state index contributed by atoms with van der Waals surface area (Å²) in [6.45, 7) is 2.93. The number of nitrogens with zero attached hydrogens (tertiary/aromatic N) is 3. The van der Waals surface area contributed by atoms with Crippen LogP contribution in [0.2, 0.25) is 0 Å². The second-order valence-electron chi connectivity index (χ2n) is 6.29. The summed E-state index contributed by atoms with van der Waals surface area (Å²) in [5.74, 6) is 0.0903. The van der Waals surface area contributed by atoms with Gasteiger partial charge in [-0.2, -0.15) is 0 Å². The number of piperazine rings is 1. The summed E-state index contributed by atoms with van der Waals surface area (Å²) in [5.41, 5.74) is 5.99. The van der Waals surface area contributed by atoms with E-state index in [-0.39, 0.29) is 36.3 Å². The largest absolute Gasteiger partial charge is 0.370 e. The van der Waals surface area contributed by atoms with Crippen LogP contribution in [0.4, 0.5) is 18.9 Å². The zero-order valence-electron chi connectivity index (χ0n) is 13.3. The number of aliphatic imine (C=N–C) groups is 1. The molecule has 1 heterocycles. The molecule has 1 saturated carbocycles. The number of hydrogen-bond acceptors (Lipinski definition) is 2. The number of benzene rings is 1. The lowest BCUT2D eigenvalue weighted by molar-refractivity contribution is 0.0665. The molecule has 0 atom stereocenters. The van der Waals surface area contributed by atoms with Gasteiger partial charge in [-0.1, -0.05) is 0 Å². The Labute approximate surface area is 156 Å². The zero-order chi connectivity index (χ0) is 16.4. The van der Waals surface area contributed by atoms with Gasteiger partial charge in [0.05, 0.1) is 12.0 Å². The van der Waals surface area contributed by atoms with Crippen molar-refractivity contribution >= 4 is 35.6 Å². The monoisotopic (exact) mass is 454 g/mol. The molecule has 2 fully saturated rings. The van der Waals surface area contributed by atoms with Gasteiger partial charge in [-0.25, -0.2) is 13.2 Å². The van der Waals surface area contributed by atoms with Crippen molar-refractivity contribution in [3.8, 4) is 0 Å². The minimum atomic E-state index is -2.32. The van der Waals surface area contributed by atoms with Crippen molar-refractivity contribution in [1.29, 1.82) is 0 Å². The van der Waals surface area contributed by atoms with E-state index >= 15 is 0 Å². The average molecular weight is 454 g/mol. The highest BCUT2D eigenvalue weighted by Crippen LogP contribution is 2.50. The molecule has 0 aromatic heterocycles. The first kappa shape index (κ1) is 19.1. The number of nitrogens with two attached hydrogens (primary N) is 1. The molecule has 1 saturated heterocycles.